The molecule has 2 saturated heterocycles. The maximum Gasteiger partial charge on any atom is 0.321 e. The van der Waals surface area contributed by atoms with Gasteiger partial charge in [0.15, 0.2) is 0 Å². The highest BCUT2D eigenvalue weighted by Gasteiger charge is 2.24. The van der Waals surface area contributed by atoms with Crippen LogP contribution in [0, 0.1) is 0 Å². The van der Waals surface area contributed by atoms with E-state index in [1.165, 1.54) is 6.42 Å². The van der Waals surface area contributed by atoms with Crippen LogP contribution in [0.1, 0.15) is 40.0 Å². The lowest BCUT2D eigenvalue weighted by Crippen LogP contribution is -2.54. The molecule has 4 amide bonds. The van der Waals surface area contributed by atoms with Crippen molar-refractivity contribution in [2.45, 2.75) is 45.6 Å². The number of amides is 4. The van der Waals surface area contributed by atoms with Crippen LogP contribution in [0.4, 0.5) is 4.79 Å². The van der Waals surface area contributed by atoms with Crippen LogP contribution >= 0.6 is 0 Å². The second-order valence-electron chi connectivity index (χ2n) is 8.25. The van der Waals surface area contributed by atoms with Crippen molar-refractivity contribution >= 4 is 17.8 Å². The van der Waals surface area contributed by atoms with Gasteiger partial charge in [0.25, 0.3) is 0 Å². The van der Waals surface area contributed by atoms with E-state index in [2.05, 4.69) is 15.5 Å². The first-order valence-corrected chi connectivity index (χ1v) is 9.57. The Morgan fingerprint density at radius 3 is 1.88 bits per heavy atom. The third-order valence-corrected chi connectivity index (χ3v) is 4.64. The molecule has 2 N–H and O–H groups in total. The van der Waals surface area contributed by atoms with Crippen LogP contribution in [-0.4, -0.2) is 90.4 Å². The van der Waals surface area contributed by atoms with Gasteiger partial charge >= 0.3 is 6.03 Å². The fourth-order valence-corrected chi connectivity index (χ4v) is 3.28. The highest BCUT2D eigenvalue weighted by Crippen LogP contribution is 2.10. The molecule has 2 aliphatic rings. The van der Waals surface area contributed by atoms with Gasteiger partial charge in [0.1, 0.15) is 0 Å². The van der Waals surface area contributed by atoms with E-state index >= 15 is 0 Å². The van der Waals surface area contributed by atoms with Crippen LogP contribution in [0.3, 0.4) is 0 Å². The van der Waals surface area contributed by atoms with Crippen LogP contribution in [0.15, 0.2) is 0 Å². The first-order valence-electron chi connectivity index (χ1n) is 9.57. The lowest BCUT2D eigenvalue weighted by Gasteiger charge is -2.35. The molecule has 0 aliphatic carbocycles. The lowest BCUT2D eigenvalue weighted by atomic mass is 10.1. The zero-order chi connectivity index (χ0) is 19.2. The molecule has 8 heteroatoms. The predicted octanol–water partition coefficient (Wildman–Crippen LogP) is 0.241. The molecule has 26 heavy (non-hydrogen) atoms. The van der Waals surface area contributed by atoms with Crippen molar-refractivity contribution in [3.8, 4) is 0 Å². The summed E-state index contributed by atoms with van der Waals surface area (Å²) in [5.41, 5.74) is -0.378. The van der Waals surface area contributed by atoms with Crippen molar-refractivity contribution in [2.75, 3.05) is 52.4 Å². The van der Waals surface area contributed by atoms with Gasteiger partial charge in [0.2, 0.25) is 11.8 Å². The van der Waals surface area contributed by atoms with Crippen molar-refractivity contribution in [1.29, 1.82) is 0 Å². The van der Waals surface area contributed by atoms with Gasteiger partial charge in [-0.1, -0.05) is 0 Å². The first kappa shape index (κ1) is 20.6. The normalized spacial score (nSPS) is 19.9. The largest absolute Gasteiger partial charge is 0.342 e. The average molecular weight is 367 g/mol. The number of piperidine rings is 1. The van der Waals surface area contributed by atoms with Gasteiger partial charge in [-0.15, -0.1) is 0 Å². The van der Waals surface area contributed by atoms with Gasteiger partial charge < -0.3 is 10.2 Å². The summed E-state index contributed by atoms with van der Waals surface area (Å²) >= 11 is 0. The Morgan fingerprint density at radius 2 is 1.35 bits per heavy atom. The number of nitrogens with zero attached hydrogens (tertiary/aromatic N) is 3. The number of rotatable bonds is 4. The van der Waals surface area contributed by atoms with E-state index in [9.17, 15) is 14.4 Å². The monoisotopic (exact) mass is 367 g/mol. The van der Waals surface area contributed by atoms with Gasteiger partial charge in [-0.25, -0.2) is 4.79 Å². The number of hydrogen-bond donors (Lipinski definition) is 2. The van der Waals surface area contributed by atoms with E-state index in [1.807, 2.05) is 30.6 Å². The lowest BCUT2D eigenvalue weighted by molar-refractivity contribution is -0.134. The Morgan fingerprint density at radius 1 is 0.808 bits per heavy atom. The molecule has 0 aromatic carbocycles. The van der Waals surface area contributed by atoms with Gasteiger partial charge in [-0.3, -0.25) is 24.7 Å². The third-order valence-electron chi connectivity index (χ3n) is 4.64. The van der Waals surface area contributed by atoms with E-state index in [-0.39, 0.29) is 23.9 Å². The number of hydrogen-bond acceptors (Lipinski definition) is 5. The van der Waals surface area contributed by atoms with Gasteiger partial charge in [-0.2, -0.15) is 0 Å². The second kappa shape index (κ2) is 9.32. The molecule has 8 nitrogen and oxygen atoms in total. The summed E-state index contributed by atoms with van der Waals surface area (Å²) in [6, 6.07) is -0.465. The number of imide groups is 1. The summed E-state index contributed by atoms with van der Waals surface area (Å²) in [5, 5.41) is 5.07. The summed E-state index contributed by atoms with van der Waals surface area (Å²) in [5.74, 6) is -0.0839. The zero-order valence-electron chi connectivity index (χ0n) is 16.3. The molecule has 148 valence electrons. The Hall–Kier alpha value is -1.67. The zero-order valence-corrected chi connectivity index (χ0v) is 16.3. The predicted molar refractivity (Wildman–Crippen MR) is 99.7 cm³/mol. The van der Waals surface area contributed by atoms with Crippen molar-refractivity contribution < 1.29 is 14.4 Å². The summed E-state index contributed by atoms with van der Waals surface area (Å²) < 4.78 is 0. The van der Waals surface area contributed by atoms with Crippen molar-refractivity contribution in [3.05, 3.63) is 0 Å². The summed E-state index contributed by atoms with van der Waals surface area (Å²) in [6.45, 7) is 11.0. The van der Waals surface area contributed by atoms with E-state index in [4.69, 9.17) is 0 Å². The number of carbonyl (C=O) groups excluding carboxylic acids is 3. The molecular formula is C18H33N5O3. The van der Waals surface area contributed by atoms with Crippen molar-refractivity contribution in [3.63, 3.8) is 0 Å². The SMILES string of the molecule is CC(C)(C)NC(=O)NC(=O)CN1CCN(CC(=O)N2CCCCC2)CC1. The topological polar surface area (TPSA) is 85.0 Å². The van der Waals surface area contributed by atoms with Gasteiger partial charge in [0.05, 0.1) is 13.1 Å². The third kappa shape index (κ3) is 7.29. The maximum atomic E-state index is 12.3. The molecule has 2 rings (SSSR count). The number of nitrogens with one attached hydrogen (secondary N) is 2. The molecule has 0 atom stereocenters. The molecule has 2 fully saturated rings. The molecule has 0 aromatic rings. The molecule has 0 unspecified atom stereocenters. The fraction of sp³-hybridized carbons (Fsp3) is 0.833. The molecule has 0 bridgehead atoms. The summed E-state index contributed by atoms with van der Waals surface area (Å²) in [6.07, 6.45) is 3.44. The van der Waals surface area contributed by atoms with Crippen LogP contribution < -0.4 is 10.6 Å². The molecule has 2 aliphatic heterocycles. The number of likely N-dealkylation sites (tertiary alicyclic amines) is 1. The van der Waals surface area contributed by atoms with Crippen LogP contribution in [-0.2, 0) is 9.59 Å². The molecule has 0 spiro atoms. The number of urea groups is 1. The van der Waals surface area contributed by atoms with E-state index in [1.54, 1.807) is 0 Å². The number of piperazine rings is 1. The summed E-state index contributed by atoms with van der Waals surface area (Å²) in [4.78, 5) is 42.2. The Balaban J connectivity index is 1.65. The minimum atomic E-state index is -0.465. The fourth-order valence-electron chi connectivity index (χ4n) is 3.28. The van der Waals surface area contributed by atoms with Gasteiger partial charge in [0, 0.05) is 44.8 Å². The minimum absolute atomic E-state index is 0.200. The Labute approximate surface area is 156 Å². The van der Waals surface area contributed by atoms with Crippen LogP contribution in [0.25, 0.3) is 0 Å². The molecular weight excluding hydrogens is 334 g/mol. The van der Waals surface area contributed by atoms with Crippen LogP contribution in [0.2, 0.25) is 0 Å². The molecule has 0 aromatic heterocycles. The van der Waals surface area contributed by atoms with Gasteiger partial charge in [-0.05, 0) is 40.0 Å². The highest BCUT2D eigenvalue weighted by atomic mass is 16.2. The standard InChI is InChI=1S/C18H33N5O3/c1-18(2,3)20-17(26)19-15(24)13-21-9-11-22(12-10-21)14-16(25)23-7-5-4-6-8-23/h4-14H2,1-3H3,(H2,19,20,24,26). The maximum absolute atomic E-state index is 12.3. The highest BCUT2D eigenvalue weighted by molar-refractivity contribution is 5.95. The van der Waals surface area contributed by atoms with Crippen LogP contribution in [0.5, 0.6) is 0 Å². The Bertz CT molecular complexity index is 503. The van der Waals surface area contributed by atoms with E-state index < -0.39 is 6.03 Å². The minimum Gasteiger partial charge on any atom is -0.342 e. The van der Waals surface area contributed by atoms with E-state index in [0.717, 1.165) is 52.1 Å². The molecule has 2 heterocycles. The Kier molecular flexibility index (Phi) is 7.40. The molecule has 0 saturated carbocycles. The second-order valence-corrected chi connectivity index (χ2v) is 8.25. The first-order chi connectivity index (χ1) is 12.2. The quantitative estimate of drug-likeness (QED) is 0.744. The molecule has 0 radical (unpaired) electrons. The van der Waals surface area contributed by atoms with E-state index in [0.29, 0.717) is 6.54 Å². The summed E-state index contributed by atoms with van der Waals surface area (Å²) in [7, 11) is 0. The number of carbonyl (C=O) groups is 3. The smallest absolute Gasteiger partial charge is 0.321 e. The van der Waals surface area contributed by atoms with Crippen molar-refractivity contribution in [1.82, 2.24) is 25.3 Å². The van der Waals surface area contributed by atoms with Crippen molar-refractivity contribution in [2.24, 2.45) is 0 Å². The average Bonchev–Trinajstić information content (AvgIpc) is 2.55.